The van der Waals surface area contributed by atoms with E-state index in [0.717, 1.165) is 45.4 Å². The van der Waals surface area contributed by atoms with Crippen molar-refractivity contribution in [3.63, 3.8) is 0 Å². The molecule has 0 saturated carbocycles. The van der Waals surface area contributed by atoms with Crippen LogP contribution in [0.15, 0.2) is 35.3 Å². The van der Waals surface area contributed by atoms with E-state index >= 15 is 0 Å². The van der Waals surface area contributed by atoms with Crippen molar-refractivity contribution in [2.75, 3.05) is 19.8 Å². The molecule has 0 fully saturated rings. The van der Waals surface area contributed by atoms with E-state index in [1.54, 1.807) is 0 Å². The van der Waals surface area contributed by atoms with Gasteiger partial charge in [-0.1, -0.05) is 37.3 Å². The molecule has 0 bridgehead atoms. The monoisotopic (exact) mass is 419 g/mol. The Morgan fingerprint density at radius 3 is 2.64 bits per heavy atom. The van der Waals surface area contributed by atoms with Gasteiger partial charge in [0.25, 0.3) is 0 Å². The maximum absolute atomic E-state index is 5.78. The van der Waals surface area contributed by atoms with E-state index in [0.29, 0.717) is 12.0 Å². The molecule has 0 aliphatic rings. The fraction of sp³-hybridized carbons (Fsp3) is 0.588. The number of unbranched alkanes of at least 4 members (excludes halogenated alkanes) is 1. The lowest BCUT2D eigenvalue weighted by atomic mass is 10.2. The number of aliphatic imine (C=N–C) groups is 1. The SMILES string of the molecule is CCC(C)NC(N)=NCCCCOCCc1ccccc1.I. The van der Waals surface area contributed by atoms with E-state index in [4.69, 9.17) is 10.5 Å². The molecule has 1 atom stereocenters. The summed E-state index contributed by atoms with van der Waals surface area (Å²) in [5, 5.41) is 3.16. The summed E-state index contributed by atoms with van der Waals surface area (Å²) in [6, 6.07) is 10.8. The van der Waals surface area contributed by atoms with Crippen LogP contribution in [0, 0.1) is 0 Å². The van der Waals surface area contributed by atoms with Gasteiger partial charge in [0.1, 0.15) is 0 Å². The highest BCUT2D eigenvalue weighted by atomic mass is 127. The first-order valence-corrected chi connectivity index (χ1v) is 7.90. The summed E-state index contributed by atoms with van der Waals surface area (Å²) in [4.78, 5) is 4.31. The number of nitrogens with two attached hydrogens (primary N) is 1. The Hall–Kier alpha value is -0.820. The molecule has 3 N–H and O–H groups in total. The molecule has 1 aromatic carbocycles. The Morgan fingerprint density at radius 2 is 1.95 bits per heavy atom. The highest BCUT2D eigenvalue weighted by Gasteiger charge is 1.98. The van der Waals surface area contributed by atoms with Crippen LogP contribution >= 0.6 is 24.0 Å². The quantitative estimate of drug-likeness (QED) is 0.265. The van der Waals surface area contributed by atoms with E-state index < -0.39 is 0 Å². The number of nitrogens with zero attached hydrogens (tertiary/aromatic N) is 1. The Bertz CT molecular complexity index is 398. The van der Waals surface area contributed by atoms with Crippen LogP contribution in [0.1, 0.15) is 38.7 Å². The molecule has 5 heteroatoms. The first kappa shape index (κ1) is 21.2. The van der Waals surface area contributed by atoms with Gasteiger partial charge in [-0.05, 0) is 38.2 Å². The van der Waals surface area contributed by atoms with Gasteiger partial charge in [-0.2, -0.15) is 0 Å². The summed E-state index contributed by atoms with van der Waals surface area (Å²) in [5.74, 6) is 0.550. The van der Waals surface area contributed by atoms with Gasteiger partial charge in [-0.25, -0.2) is 0 Å². The molecule has 0 aliphatic carbocycles. The van der Waals surface area contributed by atoms with Crippen LogP contribution in [-0.2, 0) is 11.2 Å². The van der Waals surface area contributed by atoms with E-state index in [1.165, 1.54) is 5.56 Å². The van der Waals surface area contributed by atoms with Crippen molar-refractivity contribution < 1.29 is 4.74 Å². The lowest BCUT2D eigenvalue weighted by Gasteiger charge is -2.11. The second-order valence-electron chi connectivity index (χ2n) is 5.28. The van der Waals surface area contributed by atoms with E-state index in [2.05, 4.69) is 48.4 Å². The fourth-order valence-electron chi connectivity index (χ4n) is 1.85. The van der Waals surface area contributed by atoms with Crippen LogP contribution in [-0.4, -0.2) is 31.8 Å². The number of benzene rings is 1. The van der Waals surface area contributed by atoms with Crippen molar-refractivity contribution in [1.29, 1.82) is 0 Å². The number of halogens is 1. The number of ether oxygens (including phenoxy) is 1. The van der Waals surface area contributed by atoms with Crippen LogP contribution in [0.2, 0.25) is 0 Å². The molecule has 0 aromatic heterocycles. The normalized spacial score (nSPS) is 12.5. The molecule has 0 amide bonds. The predicted molar refractivity (Wildman–Crippen MR) is 105 cm³/mol. The van der Waals surface area contributed by atoms with Gasteiger partial charge in [0.15, 0.2) is 5.96 Å². The number of hydrogen-bond acceptors (Lipinski definition) is 2. The molecule has 4 nitrogen and oxygen atoms in total. The van der Waals surface area contributed by atoms with Crippen molar-refractivity contribution >= 4 is 29.9 Å². The van der Waals surface area contributed by atoms with Crippen molar-refractivity contribution in [1.82, 2.24) is 5.32 Å². The molecule has 0 radical (unpaired) electrons. The molecule has 0 aliphatic heterocycles. The van der Waals surface area contributed by atoms with Gasteiger partial charge in [0.05, 0.1) is 6.61 Å². The van der Waals surface area contributed by atoms with Crippen LogP contribution in [0.4, 0.5) is 0 Å². The second kappa shape index (κ2) is 13.8. The summed E-state index contributed by atoms with van der Waals surface area (Å²) in [5.41, 5.74) is 7.11. The highest BCUT2D eigenvalue weighted by molar-refractivity contribution is 14.0. The lowest BCUT2D eigenvalue weighted by molar-refractivity contribution is 0.134. The topological polar surface area (TPSA) is 59.6 Å². The Kier molecular flexibility index (Phi) is 13.3. The lowest BCUT2D eigenvalue weighted by Crippen LogP contribution is -2.38. The molecule has 0 saturated heterocycles. The van der Waals surface area contributed by atoms with Crippen LogP contribution < -0.4 is 11.1 Å². The first-order valence-electron chi connectivity index (χ1n) is 7.90. The average Bonchev–Trinajstić information content (AvgIpc) is 2.50. The molecule has 1 unspecified atom stereocenters. The van der Waals surface area contributed by atoms with E-state index in [-0.39, 0.29) is 24.0 Å². The van der Waals surface area contributed by atoms with Gasteiger partial charge < -0.3 is 15.8 Å². The van der Waals surface area contributed by atoms with E-state index in [1.807, 2.05) is 6.07 Å². The summed E-state index contributed by atoms with van der Waals surface area (Å²) >= 11 is 0. The third-order valence-corrected chi connectivity index (χ3v) is 3.36. The first-order chi connectivity index (χ1) is 10.2. The van der Waals surface area contributed by atoms with Gasteiger partial charge in [0.2, 0.25) is 0 Å². The van der Waals surface area contributed by atoms with Crippen molar-refractivity contribution in [3.8, 4) is 0 Å². The largest absolute Gasteiger partial charge is 0.381 e. The van der Waals surface area contributed by atoms with Crippen LogP contribution in [0.5, 0.6) is 0 Å². The highest BCUT2D eigenvalue weighted by Crippen LogP contribution is 2.00. The molecule has 126 valence electrons. The number of nitrogens with one attached hydrogen (secondary N) is 1. The molecule has 1 aromatic rings. The third kappa shape index (κ3) is 10.8. The minimum Gasteiger partial charge on any atom is -0.381 e. The zero-order valence-electron chi connectivity index (χ0n) is 13.8. The molecule has 22 heavy (non-hydrogen) atoms. The number of hydrogen-bond donors (Lipinski definition) is 2. The molecular formula is C17H30IN3O. The number of guanidine groups is 1. The molecular weight excluding hydrogens is 389 g/mol. The minimum atomic E-state index is 0. The fourth-order valence-corrected chi connectivity index (χ4v) is 1.85. The van der Waals surface area contributed by atoms with E-state index in [9.17, 15) is 0 Å². The van der Waals surface area contributed by atoms with Gasteiger partial charge >= 0.3 is 0 Å². The zero-order chi connectivity index (χ0) is 15.3. The summed E-state index contributed by atoms with van der Waals surface area (Å²) in [6.45, 7) is 6.56. The zero-order valence-corrected chi connectivity index (χ0v) is 16.1. The second-order valence-corrected chi connectivity index (χ2v) is 5.28. The van der Waals surface area contributed by atoms with Crippen molar-refractivity contribution in [3.05, 3.63) is 35.9 Å². The third-order valence-electron chi connectivity index (χ3n) is 3.36. The summed E-state index contributed by atoms with van der Waals surface area (Å²) in [7, 11) is 0. The Labute approximate surface area is 151 Å². The molecule has 0 spiro atoms. The molecule has 0 heterocycles. The van der Waals surface area contributed by atoms with Crippen molar-refractivity contribution in [2.45, 2.75) is 45.6 Å². The number of rotatable bonds is 10. The maximum Gasteiger partial charge on any atom is 0.188 e. The van der Waals surface area contributed by atoms with Crippen LogP contribution in [0.3, 0.4) is 0 Å². The Balaban J connectivity index is 0.00000441. The summed E-state index contributed by atoms with van der Waals surface area (Å²) in [6.07, 6.45) is 4.05. The minimum absolute atomic E-state index is 0. The smallest absolute Gasteiger partial charge is 0.188 e. The molecule has 1 rings (SSSR count). The van der Waals surface area contributed by atoms with Gasteiger partial charge in [0, 0.05) is 19.2 Å². The van der Waals surface area contributed by atoms with Gasteiger partial charge in [-0.3, -0.25) is 4.99 Å². The maximum atomic E-state index is 5.78. The van der Waals surface area contributed by atoms with Crippen molar-refractivity contribution in [2.24, 2.45) is 10.7 Å². The predicted octanol–water partition coefficient (Wildman–Crippen LogP) is 3.35. The standard InChI is InChI=1S/C17H29N3O.HI/c1-3-15(2)20-17(18)19-12-7-8-13-21-14-11-16-9-5-4-6-10-16;/h4-6,9-10,15H,3,7-8,11-14H2,1-2H3,(H3,18,19,20);1H. The summed E-state index contributed by atoms with van der Waals surface area (Å²) < 4.78 is 5.63. The average molecular weight is 419 g/mol. The van der Waals surface area contributed by atoms with Gasteiger partial charge in [-0.15, -0.1) is 24.0 Å². The Morgan fingerprint density at radius 1 is 1.23 bits per heavy atom. The van der Waals surface area contributed by atoms with Crippen LogP contribution in [0.25, 0.3) is 0 Å².